The monoisotopic (exact) mass is 255 g/mol. The van der Waals surface area contributed by atoms with E-state index in [9.17, 15) is 9.59 Å². The Hall–Kier alpha value is -2.62. The molecule has 2 aromatic rings. The molecule has 4 nitrogen and oxygen atoms in total. The van der Waals surface area contributed by atoms with Crippen LogP contribution in [-0.2, 0) is 4.74 Å². The maximum atomic E-state index is 11.7. The first-order valence-corrected chi connectivity index (χ1v) is 5.56. The van der Waals surface area contributed by atoms with Crippen molar-refractivity contribution in [3.63, 3.8) is 0 Å². The van der Waals surface area contributed by atoms with Crippen molar-refractivity contribution in [2.24, 2.45) is 0 Å². The Bertz CT molecular complexity index is 632. The summed E-state index contributed by atoms with van der Waals surface area (Å²) in [6, 6.07) is 14.2. The zero-order chi connectivity index (χ0) is 13.8. The molecule has 0 amide bonds. The molecule has 4 heteroatoms. The predicted molar refractivity (Wildman–Crippen MR) is 69.0 cm³/mol. The van der Waals surface area contributed by atoms with Crippen molar-refractivity contribution in [2.75, 3.05) is 7.11 Å². The molecule has 0 spiro atoms. The van der Waals surface area contributed by atoms with Gasteiger partial charge < -0.3 is 9.84 Å². The molecule has 2 rings (SSSR count). The van der Waals surface area contributed by atoms with Gasteiger partial charge in [-0.25, -0.2) is 9.59 Å². The smallest absolute Gasteiger partial charge is 0.338 e. The first kappa shape index (κ1) is 12.8. The van der Waals surface area contributed by atoms with E-state index in [2.05, 4.69) is 6.07 Å². The van der Waals surface area contributed by atoms with E-state index in [1.54, 1.807) is 30.3 Å². The fraction of sp³-hybridized carbons (Fsp3) is 0.0667. The summed E-state index contributed by atoms with van der Waals surface area (Å²) in [6.07, 6.45) is 0. The highest BCUT2D eigenvalue weighted by Gasteiger charge is 2.13. The van der Waals surface area contributed by atoms with Gasteiger partial charge in [0.05, 0.1) is 18.2 Å². The minimum atomic E-state index is -1.02. The Kier molecular flexibility index (Phi) is 3.61. The van der Waals surface area contributed by atoms with Gasteiger partial charge in [0.2, 0.25) is 0 Å². The molecule has 0 atom stereocenters. The number of carbonyl (C=O) groups is 2. The number of aromatic carboxylic acids is 1. The largest absolute Gasteiger partial charge is 0.478 e. The number of carboxylic acids is 1. The third-order valence-corrected chi connectivity index (χ3v) is 2.66. The molecule has 0 saturated heterocycles. The Balaban J connectivity index is 2.56. The third-order valence-electron chi connectivity index (χ3n) is 2.66. The lowest BCUT2D eigenvalue weighted by atomic mass is 9.98. The third kappa shape index (κ3) is 2.63. The standard InChI is InChI=1S/C15H11O4/c1-19-15(18)13-8-3-2-7-12(13)10-5-4-6-11(9-10)14(16)17/h2-6,8-9H,1H3,(H,16,17). The van der Waals surface area contributed by atoms with E-state index in [-0.39, 0.29) is 5.56 Å². The van der Waals surface area contributed by atoms with E-state index in [1.165, 1.54) is 19.2 Å². The van der Waals surface area contributed by atoms with Crippen molar-refractivity contribution in [3.8, 4) is 11.1 Å². The number of hydrogen-bond acceptors (Lipinski definition) is 3. The second-order valence-corrected chi connectivity index (χ2v) is 3.84. The number of esters is 1. The molecule has 0 unspecified atom stereocenters. The first-order chi connectivity index (χ1) is 9.13. The highest BCUT2D eigenvalue weighted by atomic mass is 16.5. The Morgan fingerprint density at radius 1 is 1.21 bits per heavy atom. The molecule has 0 aliphatic carbocycles. The zero-order valence-corrected chi connectivity index (χ0v) is 10.2. The number of carboxylic acid groups (broad SMARTS) is 1. The van der Waals surface area contributed by atoms with Crippen LogP contribution in [0.5, 0.6) is 0 Å². The molecule has 0 aliphatic rings. The molecule has 1 radical (unpaired) electrons. The molecule has 0 saturated carbocycles. The van der Waals surface area contributed by atoms with Crippen LogP contribution in [0.25, 0.3) is 11.1 Å². The number of rotatable bonds is 3. The second-order valence-electron chi connectivity index (χ2n) is 3.84. The van der Waals surface area contributed by atoms with Crippen LogP contribution in [0.3, 0.4) is 0 Å². The van der Waals surface area contributed by atoms with Crippen molar-refractivity contribution in [2.45, 2.75) is 0 Å². The topological polar surface area (TPSA) is 63.6 Å². The van der Waals surface area contributed by atoms with E-state index in [4.69, 9.17) is 9.84 Å². The van der Waals surface area contributed by atoms with E-state index in [0.29, 0.717) is 16.7 Å². The van der Waals surface area contributed by atoms with Gasteiger partial charge in [0.1, 0.15) is 0 Å². The first-order valence-electron chi connectivity index (χ1n) is 5.56. The number of benzene rings is 2. The van der Waals surface area contributed by atoms with Crippen molar-refractivity contribution in [1.82, 2.24) is 0 Å². The average molecular weight is 255 g/mol. The molecule has 2 aromatic carbocycles. The number of hydrogen-bond donors (Lipinski definition) is 1. The van der Waals surface area contributed by atoms with Crippen molar-refractivity contribution >= 4 is 11.9 Å². The van der Waals surface area contributed by atoms with Gasteiger partial charge in [0.15, 0.2) is 0 Å². The van der Waals surface area contributed by atoms with E-state index in [1.807, 2.05) is 0 Å². The van der Waals surface area contributed by atoms with E-state index in [0.717, 1.165) is 0 Å². The quantitative estimate of drug-likeness (QED) is 0.856. The maximum absolute atomic E-state index is 11.7. The molecule has 1 N–H and O–H groups in total. The maximum Gasteiger partial charge on any atom is 0.338 e. The normalized spacial score (nSPS) is 9.95. The molecular weight excluding hydrogens is 244 g/mol. The zero-order valence-electron chi connectivity index (χ0n) is 10.2. The predicted octanol–water partition coefficient (Wildman–Crippen LogP) is 2.64. The molecule has 0 bridgehead atoms. The molecule has 0 aliphatic heterocycles. The molecule has 0 fully saturated rings. The SMILES string of the molecule is COC(=O)c1ccc[c]c1-c1cccc(C(=O)O)c1. The average Bonchev–Trinajstić information content (AvgIpc) is 2.46. The Morgan fingerprint density at radius 3 is 2.68 bits per heavy atom. The summed E-state index contributed by atoms with van der Waals surface area (Å²) in [5.41, 5.74) is 1.65. The lowest BCUT2D eigenvalue weighted by Gasteiger charge is -2.08. The summed E-state index contributed by atoms with van der Waals surface area (Å²) in [5, 5.41) is 8.98. The lowest BCUT2D eigenvalue weighted by molar-refractivity contribution is 0.0600. The van der Waals surface area contributed by atoms with Gasteiger partial charge in [-0.15, -0.1) is 0 Å². The number of ether oxygens (including phenoxy) is 1. The van der Waals surface area contributed by atoms with Gasteiger partial charge in [-0.1, -0.05) is 24.3 Å². The van der Waals surface area contributed by atoms with Crippen LogP contribution in [0.4, 0.5) is 0 Å². The molecule has 19 heavy (non-hydrogen) atoms. The van der Waals surface area contributed by atoms with Crippen LogP contribution < -0.4 is 0 Å². The van der Waals surface area contributed by atoms with Crippen LogP contribution in [0.1, 0.15) is 20.7 Å². The van der Waals surface area contributed by atoms with Gasteiger partial charge in [0.25, 0.3) is 0 Å². The Morgan fingerprint density at radius 2 is 2.00 bits per heavy atom. The van der Waals surface area contributed by atoms with Gasteiger partial charge in [0, 0.05) is 5.56 Å². The van der Waals surface area contributed by atoms with E-state index < -0.39 is 11.9 Å². The van der Waals surface area contributed by atoms with Gasteiger partial charge in [-0.3, -0.25) is 0 Å². The number of carbonyl (C=O) groups excluding carboxylic acids is 1. The minimum Gasteiger partial charge on any atom is -0.478 e. The van der Waals surface area contributed by atoms with Gasteiger partial charge in [-0.2, -0.15) is 0 Å². The number of methoxy groups -OCH3 is 1. The summed E-state index contributed by atoms with van der Waals surface area (Å²) in [4.78, 5) is 22.6. The second kappa shape index (κ2) is 5.35. The lowest BCUT2D eigenvalue weighted by Crippen LogP contribution is -2.04. The van der Waals surface area contributed by atoms with Crippen LogP contribution in [0, 0.1) is 6.07 Å². The van der Waals surface area contributed by atoms with E-state index >= 15 is 0 Å². The summed E-state index contributed by atoms with van der Waals surface area (Å²) in [5.74, 6) is -1.50. The molecule has 0 heterocycles. The van der Waals surface area contributed by atoms with Gasteiger partial charge in [-0.05, 0) is 29.8 Å². The van der Waals surface area contributed by atoms with Crippen LogP contribution in [-0.4, -0.2) is 24.2 Å². The van der Waals surface area contributed by atoms with Crippen molar-refractivity contribution < 1.29 is 19.4 Å². The summed E-state index contributed by atoms with van der Waals surface area (Å²) in [7, 11) is 1.30. The van der Waals surface area contributed by atoms with Crippen LogP contribution >= 0.6 is 0 Å². The highest BCUT2D eigenvalue weighted by molar-refractivity contribution is 5.98. The summed E-state index contributed by atoms with van der Waals surface area (Å²) >= 11 is 0. The minimum absolute atomic E-state index is 0.158. The van der Waals surface area contributed by atoms with Crippen molar-refractivity contribution in [3.05, 3.63) is 59.7 Å². The fourth-order valence-electron chi connectivity index (χ4n) is 1.76. The fourth-order valence-corrected chi connectivity index (χ4v) is 1.76. The summed E-state index contributed by atoms with van der Waals surface area (Å²) < 4.78 is 4.70. The Labute approximate surface area is 110 Å². The molecule has 95 valence electrons. The van der Waals surface area contributed by atoms with Crippen LogP contribution in [0.15, 0.2) is 42.5 Å². The molecular formula is C15H11O4. The van der Waals surface area contributed by atoms with Crippen molar-refractivity contribution in [1.29, 1.82) is 0 Å². The summed E-state index contributed by atoms with van der Waals surface area (Å²) in [6.45, 7) is 0. The molecule has 0 aromatic heterocycles. The van der Waals surface area contributed by atoms with Gasteiger partial charge >= 0.3 is 11.9 Å². The van der Waals surface area contributed by atoms with Crippen LogP contribution in [0.2, 0.25) is 0 Å². The highest BCUT2D eigenvalue weighted by Crippen LogP contribution is 2.24.